The Morgan fingerprint density at radius 3 is 2.53 bits per heavy atom. The fraction of sp³-hybridized carbons (Fsp3) is 0.154. The molecule has 6 nitrogen and oxygen atoms in total. The molecule has 4 rings (SSSR count). The second-order valence-electron chi connectivity index (χ2n) is 7.65. The molecule has 1 fully saturated rings. The molecule has 3 amide bonds. The molecular weight excluding hydrogens is 567 g/mol. The van der Waals surface area contributed by atoms with E-state index in [0.717, 1.165) is 14.0 Å². The minimum absolute atomic E-state index is 0.173. The summed E-state index contributed by atoms with van der Waals surface area (Å²) in [6, 6.07) is 17.8. The normalized spacial score (nSPS) is 14.5. The Morgan fingerprint density at radius 2 is 1.82 bits per heavy atom. The van der Waals surface area contributed by atoms with Crippen molar-refractivity contribution in [1.29, 1.82) is 0 Å². The Kier molecular flexibility index (Phi) is 7.43. The van der Waals surface area contributed by atoms with Crippen LogP contribution in [0.3, 0.4) is 0 Å². The maximum absolute atomic E-state index is 12.9. The van der Waals surface area contributed by atoms with Gasteiger partial charge in [0.2, 0.25) is 0 Å². The summed E-state index contributed by atoms with van der Waals surface area (Å²) >= 11 is 8.10. The minimum Gasteiger partial charge on any atom is -0.490 e. The van der Waals surface area contributed by atoms with Gasteiger partial charge >= 0.3 is 6.03 Å². The van der Waals surface area contributed by atoms with Crippen LogP contribution < -0.4 is 19.7 Å². The standard InChI is InChI=1S/C26H22ClIN2O4/c1-3-33-23-14-18(12-21(28)24(23)34-15-17-6-4-5-16(2)11-17)13-22-25(31)30(26(32)29-22)20-9-7-19(27)8-10-20/h4-14H,3,15H2,1-2H3,(H,29,32)/b22-13+. The SMILES string of the molecule is CCOc1cc(/C=C2/NC(=O)N(c3ccc(Cl)cc3)C2=O)cc(I)c1OCc1cccc(C)c1. The minimum atomic E-state index is -0.517. The molecular formula is C26H22ClIN2O4. The fourth-order valence-corrected chi connectivity index (χ4v) is 4.47. The molecule has 0 atom stereocenters. The van der Waals surface area contributed by atoms with E-state index in [1.54, 1.807) is 36.4 Å². The molecule has 3 aromatic rings. The number of imide groups is 1. The number of ether oxygens (including phenoxy) is 2. The Labute approximate surface area is 216 Å². The Hall–Kier alpha value is -3.04. The zero-order chi connectivity index (χ0) is 24.2. The molecule has 34 heavy (non-hydrogen) atoms. The van der Waals surface area contributed by atoms with Crippen LogP contribution >= 0.6 is 34.2 Å². The molecule has 0 bridgehead atoms. The molecule has 0 radical (unpaired) electrons. The number of nitrogens with one attached hydrogen (secondary N) is 1. The molecule has 0 aliphatic carbocycles. The molecule has 3 aromatic carbocycles. The number of nitrogens with zero attached hydrogens (tertiary/aromatic N) is 1. The third-order valence-electron chi connectivity index (χ3n) is 5.07. The maximum Gasteiger partial charge on any atom is 0.333 e. The predicted octanol–water partition coefficient (Wildman–Crippen LogP) is 6.33. The summed E-state index contributed by atoms with van der Waals surface area (Å²) in [6.07, 6.45) is 1.63. The maximum atomic E-state index is 12.9. The zero-order valence-corrected chi connectivity index (χ0v) is 21.5. The second-order valence-corrected chi connectivity index (χ2v) is 9.24. The molecule has 0 aromatic heterocycles. The molecule has 1 aliphatic rings. The highest BCUT2D eigenvalue weighted by atomic mass is 127. The summed E-state index contributed by atoms with van der Waals surface area (Å²) in [5.74, 6) is 0.760. The van der Waals surface area contributed by atoms with Crippen molar-refractivity contribution in [2.45, 2.75) is 20.5 Å². The first kappa shape index (κ1) is 24.1. The lowest BCUT2D eigenvalue weighted by Gasteiger charge is -2.15. The molecule has 0 unspecified atom stereocenters. The highest BCUT2D eigenvalue weighted by Crippen LogP contribution is 2.36. The average molecular weight is 589 g/mol. The topological polar surface area (TPSA) is 67.9 Å². The van der Waals surface area contributed by atoms with E-state index in [-0.39, 0.29) is 5.70 Å². The first-order valence-corrected chi connectivity index (χ1v) is 12.1. The van der Waals surface area contributed by atoms with E-state index in [4.69, 9.17) is 21.1 Å². The first-order chi connectivity index (χ1) is 16.4. The van der Waals surface area contributed by atoms with Gasteiger partial charge in [0.05, 0.1) is 15.9 Å². The van der Waals surface area contributed by atoms with Gasteiger partial charge in [-0.1, -0.05) is 41.4 Å². The molecule has 0 saturated carbocycles. The number of urea groups is 1. The number of benzene rings is 3. The van der Waals surface area contributed by atoms with Gasteiger partial charge in [0.25, 0.3) is 5.91 Å². The lowest BCUT2D eigenvalue weighted by molar-refractivity contribution is -0.113. The van der Waals surface area contributed by atoms with E-state index in [1.807, 2.05) is 38.1 Å². The van der Waals surface area contributed by atoms with Crippen LogP contribution in [-0.2, 0) is 11.4 Å². The van der Waals surface area contributed by atoms with E-state index in [1.165, 1.54) is 5.56 Å². The van der Waals surface area contributed by atoms with Gasteiger partial charge in [-0.25, -0.2) is 9.69 Å². The summed E-state index contributed by atoms with van der Waals surface area (Å²) in [7, 11) is 0. The summed E-state index contributed by atoms with van der Waals surface area (Å²) in [5, 5.41) is 3.17. The third kappa shape index (κ3) is 5.37. The van der Waals surface area contributed by atoms with Gasteiger partial charge in [-0.15, -0.1) is 0 Å². The van der Waals surface area contributed by atoms with Crippen molar-refractivity contribution >= 4 is 57.9 Å². The van der Waals surface area contributed by atoms with Crippen molar-refractivity contribution in [3.63, 3.8) is 0 Å². The second kappa shape index (κ2) is 10.5. The van der Waals surface area contributed by atoms with Crippen LogP contribution in [0.5, 0.6) is 11.5 Å². The molecule has 1 heterocycles. The quantitative estimate of drug-likeness (QED) is 0.199. The predicted molar refractivity (Wildman–Crippen MR) is 141 cm³/mol. The van der Waals surface area contributed by atoms with Crippen LogP contribution in [0.15, 0.2) is 66.4 Å². The van der Waals surface area contributed by atoms with Crippen LogP contribution in [0.25, 0.3) is 6.08 Å². The largest absolute Gasteiger partial charge is 0.490 e. The van der Waals surface area contributed by atoms with Crippen molar-refractivity contribution in [3.8, 4) is 11.5 Å². The average Bonchev–Trinajstić information content (AvgIpc) is 3.07. The summed E-state index contributed by atoms with van der Waals surface area (Å²) < 4.78 is 12.8. The van der Waals surface area contributed by atoms with E-state index < -0.39 is 11.9 Å². The van der Waals surface area contributed by atoms with Gasteiger partial charge in [0.1, 0.15) is 12.3 Å². The monoisotopic (exact) mass is 588 g/mol. The number of halogens is 2. The van der Waals surface area contributed by atoms with E-state index in [0.29, 0.717) is 41.0 Å². The number of carbonyl (C=O) groups excluding carboxylic acids is 2. The molecule has 1 aliphatic heterocycles. The Balaban J connectivity index is 1.60. The number of rotatable bonds is 7. The van der Waals surface area contributed by atoms with Crippen LogP contribution in [0, 0.1) is 10.5 Å². The molecule has 174 valence electrons. The van der Waals surface area contributed by atoms with Crippen molar-refractivity contribution < 1.29 is 19.1 Å². The summed E-state index contributed by atoms with van der Waals surface area (Å²) in [4.78, 5) is 26.5. The number of amides is 3. The lowest BCUT2D eigenvalue weighted by Crippen LogP contribution is -2.30. The summed E-state index contributed by atoms with van der Waals surface area (Å²) in [6.45, 7) is 4.80. The molecule has 1 saturated heterocycles. The van der Waals surface area contributed by atoms with Crippen molar-refractivity contribution in [1.82, 2.24) is 5.32 Å². The van der Waals surface area contributed by atoms with Crippen LogP contribution in [0.4, 0.5) is 10.5 Å². The fourth-order valence-electron chi connectivity index (χ4n) is 3.56. The number of aryl methyl sites for hydroxylation is 1. The Morgan fingerprint density at radius 1 is 1.06 bits per heavy atom. The van der Waals surface area contributed by atoms with Gasteiger partial charge in [-0.3, -0.25) is 4.79 Å². The van der Waals surface area contributed by atoms with Crippen molar-refractivity contribution in [3.05, 3.63) is 91.6 Å². The van der Waals surface area contributed by atoms with E-state index in [2.05, 4.69) is 34.0 Å². The number of hydrogen-bond donors (Lipinski definition) is 1. The first-order valence-electron chi connectivity index (χ1n) is 10.6. The number of hydrogen-bond acceptors (Lipinski definition) is 4. The lowest BCUT2D eigenvalue weighted by atomic mass is 10.1. The van der Waals surface area contributed by atoms with Crippen molar-refractivity contribution in [2.24, 2.45) is 0 Å². The van der Waals surface area contributed by atoms with Gasteiger partial charge < -0.3 is 14.8 Å². The highest BCUT2D eigenvalue weighted by Gasteiger charge is 2.34. The number of carbonyl (C=O) groups is 2. The highest BCUT2D eigenvalue weighted by molar-refractivity contribution is 14.1. The third-order valence-corrected chi connectivity index (χ3v) is 6.12. The Bertz CT molecular complexity index is 1270. The van der Waals surface area contributed by atoms with E-state index in [9.17, 15) is 9.59 Å². The van der Waals surface area contributed by atoms with Gasteiger partial charge in [-0.2, -0.15) is 0 Å². The van der Waals surface area contributed by atoms with Crippen LogP contribution in [0.1, 0.15) is 23.6 Å². The molecule has 1 N–H and O–H groups in total. The molecule has 0 spiro atoms. The van der Waals surface area contributed by atoms with Crippen LogP contribution in [-0.4, -0.2) is 18.5 Å². The zero-order valence-electron chi connectivity index (χ0n) is 18.6. The van der Waals surface area contributed by atoms with Crippen LogP contribution in [0.2, 0.25) is 5.02 Å². The molecule has 8 heteroatoms. The van der Waals surface area contributed by atoms with Gasteiger partial charge in [0.15, 0.2) is 11.5 Å². The van der Waals surface area contributed by atoms with E-state index >= 15 is 0 Å². The van der Waals surface area contributed by atoms with Gasteiger partial charge in [0, 0.05) is 5.02 Å². The summed E-state index contributed by atoms with van der Waals surface area (Å²) in [5.41, 5.74) is 3.55. The smallest absolute Gasteiger partial charge is 0.333 e. The number of anilines is 1. The van der Waals surface area contributed by atoms with Gasteiger partial charge in [-0.05, 0) is 90.0 Å². The van der Waals surface area contributed by atoms with Crippen molar-refractivity contribution in [2.75, 3.05) is 11.5 Å².